The number of hydrogen-bond acceptors (Lipinski definition) is 13. The molecule has 0 aliphatic heterocycles. The number of para-hydroxylation sites is 1. The van der Waals surface area contributed by atoms with Crippen LogP contribution in [-0.4, -0.2) is 112 Å². The molecule has 0 radical (unpaired) electrons. The Kier molecular flexibility index (Phi) is 26.0. The predicted octanol–water partition coefficient (Wildman–Crippen LogP) is 5.59. The lowest BCUT2D eigenvalue weighted by atomic mass is 10.1. The van der Waals surface area contributed by atoms with Crippen molar-refractivity contribution in [2.75, 3.05) is 64.1 Å². The summed E-state index contributed by atoms with van der Waals surface area (Å²) in [7, 11) is -3.80. The van der Waals surface area contributed by atoms with Crippen molar-refractivity contribution in [3.63, 3.8) is 0 Å². The van der Waals surface area contributed by atoms with Crippen LogP contribution in [0, 0.1) is 0 Å². The first-order valence-corrected chi connectivity index (χ1v) is 21.3. The molecular weight excluding hydrogens is 827 g/mol. The topological polar surface area (TPSA) is 243 Å². The summed E-state index contributed by atoms with van der Waals surface area (Å²) in [5, 5.41) is 19.6. The Morgan fingerprint density at radius 3 is 1.81 bits per heavy atom. The number of carbonyl (C=O) groups is 5. The summed E-state index contributed by atoms with van der Waals surface area (Å²) in [6.45, 7) is 5.02. The number of nitrogens with one attached hydrogen (secondary N) is 2. The van der Waals surface area contributed by atoms with Crippen molar-refractivity contribution in [1.29, 1.82) is 0 Å². The lowest BCUT2D eigenvalue weighted by Gasteiger charge is -2.08. The minimum atomic E-state index is -3.80. The highest BCUT2D eigenvalue weighted by Gasteiger charge is 2.15. The third kappa shape index (κ3) is 23.7. The lowest BCUT2D eigenvalue weighted by Crippen LogP contribution is -2.29. The van der Waals surface area contributed by atoms with Gasteiger partial charge in [0.05, 0.1) is 49.9 Å². The summed E-state index contributed by atoms with van der Waals surface area (Å²) >= 11 is 0. The summed E-state index contributed by atoms with van der Waals surface area (Å²) in [6.07, 6.45) is 2.69. The first kappa shape index (κ1) is 52.1. The number of rotatable bonds is 28. The Balaban J connectivity index is 0.000000574. The van der Waals surface area contributed by atoms with Gasteiger partial charge < -0.3 is 39.2 Å². The summed E-state index contributed by atoms with van der Waals surface area (Å²) < 4.78 is 53.4. The Morgan fingerprint density at radius 2 is 1.21 bits per heavy atom. The molecule has 4 aromatic rings. The number of amides is 1. The average molecular weight is 882 g/mol. The van der Waals surface area contributed by atoms with E-state index in [4.69, 9.17) is 33.9 Å². The van der Waals surface area contributed by atoms with Crippen LogP contribution in [0.3, 0.4) is 0 Å². The molecule has 0 spiro atoms. The molecule has 1 amide bonds. The molecule has 0 saturated heterocycles. The van der Waals surface area contributed by atoms with Crippen molar-refractivity contribution in [2.24, 2.45) is 0 Å². The molecule has 0 fully saturated rings. The smallest absolute Gasteiger partial charge is 0.329 e. The first-order valence-electron chi connectivity index (χ1n) is 19.8. The van der Waals surface area contributed by atoms with Gasteiger partial charge in [-0.25, -0.2) is 18.2 Å². The van der Waals surface area contributed by atoms with Gasteiger partial charge in [-0.15, -0.1) is 0 Å². The third-order valence-electron chi connectivity index (χ3n) is 7.72. The maximum atomic E-state index is 12.4. The molecule has 0 atom stereocenters. The van der Waals surface area contributed by atoms with Crippen LogP contribution in [0.4, 0.5) is 5.82 Å². The molecule has 1 aromatic heterocycles. The molecule has 17 nitrogen and oxygen atoms in total. The quantitative estimate of drug-likeness (QED) is 0.0508. The van der Waals surface area contributed by atoms with Crippen LogP contribution in [-0.2, 0) is 54.6 Å². The van der Waals surface area contributed by atoms with Crippen LogP contribution in [0.5, 0.6) is 11.5 Å². The van der Waals surface area contributed by atoms with Gasteiger partial charge in [0, 0.05) is 32.3 Å². The zero-order chi connectivity index (χ0) is 45.4. The lowest BCUT2D eigenvalue weighted by molar-refractivity contribution is -0.143. The number of nitrogens with zero attached hydrogens (tertiary/aromatic N) is 1. The van der Waals surface area contributed by atoms with E-state index in [2.05, 4.69) is 15.0 Å². The Morgan fingerprint density at radius 1 is 0.629 bits per heavy atom. The largest absolute Gasteiger partial charge is 0.481 e. The van der Waals surface area contributed by atoms with Crippen molar-refractivity contribution in [3.8, 4) is 11.5 Å². The van der Waals surface area contributed by atoms with Crippen molar-refractivity contribution in [3.05, 3.63) is 114 Å². The van der Waals surface area contributed by atoms with E-state index in [1.807, 2.05) is 44.2 Å². The van der Waals surface area contributed by atoms with E-state index in [1.165, 1.54) is 30.5 Å². The number of carbonyl (C=O) groups excluding carboxylic acids is 3. The van der Waals surface area contributed by atoms with E-state index >= 15 is 0 Å². The van der Waals surface area contributed by atoms with Crippen LogP contribution in [0.25, 0.3) is 0 Å². The highest BCUT2D eigenvalue weighted by Crippen LogP contribution is 2.22. The molecule has 0 aliphatic carbocycles. The van der Waals surface area contributed by atoms with Gasteiger partial charge in [-0.05, 0) is 66.9 Å². The summed E-state index contributed by atoms with van der Waals surface area (Å²) in [5.41, 5.74) is 0.900. The third-order valence-corrected chi connectivity index (χ3v) is 9.09. The number of hydrogen-bond donors (Lipinski definition) is 4. The molecule has 1 heterocycles. The average Bonchev–Trinajstić information content (AvgIpc) is 3.26. The number of benzene rings is 3. The number of aliphatic carboxylic acids is 2. The molecule has 4 rings (SSSR count). The maximum absolute atomic E-state index is 12.4. The first-order chi connectivity index (χ1) is 29.9. The minimum Gasteiger partial charge on any atom is -0.481 e. The minimum absolute atomic E-state index is 0.00594. The number of ketones is 2. The zero-order valence-corrected chi connectivity index (χ0v) is 35.7. The van der Waals surface area contributed by atoms with E-state index in [0.29, 0.717) is 38.2 Å². The van der Waals surface area contributed by atoms with Crippen LogP contribution in [0.15, 0.2) is 108 Å². The number of Topliss-reactive ketones (excluding diaryl/α,β-unsaturated/α-hetero) is 2. The van der Waals surface area contributed by atoms with Gasteiger partial charge in [0.25, 0.3) is 15.9 Å². The second kappa shape index (κ2) is 30.9. The molecule has 0 bridgehead atoms. The van der Waals surface area contributed by atoms with Crippen LogP contribution >= 0.6 is 0 Å². The highest BCUT2D eigenvalue weighted by atomic mass is 32.2. The van der Waals surface area contributed by atoms with Gasteiger partial charge in [-0.3, -0.25) is 23.9 Å². The standard InChI is InChI=1S/C28H37N3O11S.C14H12O3.C2H6/c32-23(6-4-12-39-14-16-41-20-24(33)7-5-13-40-15-17-42-21-27(34)35)19-30-28(36)22-10-11-26(29-18-22)31-43(37,38)25-8-2-1-3-9-25;15-14(16)10-11-5-4-8-13(9-11)17-12-6-2-1-3-7-12;1-2/h1-3,8-11,18H,4-7,12-17,19-21H2,(H,29,31)(H,30,36)(H,34,35);1-9H,10H2,(H,15,16);1-2H3. The van der Waals surface area contributed by atoms with Gasteiger partial charge in [0.1, 0.15) is 30.5 Å². The van der Waals surface area contributed by atoms with Gasteiger partial charge in [0.15, 0.2) is 11.6 Å². The molecule has 0 saturated carbocycles. The zero-order valence-electron chi connectivity index (χ0n) is 34.9. The van der Waals surface area contributed by atoms with E-state index in [0.717, 1.165) is 11.3 Å². The van der Waals surface area contributed by atoms with Gasteiger partial charge >= 0.3 is 11.9 Å². The number of carboxylic acids is 2. The highest BCUT2D eigenvalue weighted by molar-refractivity contribution is 7.92. The molecule has 18 heteroatoms. The summed E-state index contributed by atoms with van der Waals surface area (Å²) in [6, 6.07) is 27.0. The second-order valence-electron chi connectivity index (χ2n) is 12.7. The molecule has 336 valence electrons. The van der Waals surface area contributed by atoms with Crippen molar-refractivity contribution < 1.29 is 66.3 Å². The molecule has 4 N–H and O–H groups in total. The van der Waals surface area contributed by atoms with Crippen LogP contribution in [0.1, 0.15) is 55.5 Å². The van der Waals surface area contributed by atoms with E-state index in [-0.39, 0.29) is 86.9 Å². The maximum Gasteiger partial charge on any atom is 0.329 e. The van der Waals surface area contributed by atoms with Gasteiger partial charge in [0.2, 0.25) is 0 Å². The Hall–Kier alpha value is -6.05. The number of anilines is 1. The van der Waals surface area contributed by atoms with Gasteiger partial charge in [-0.2, -0.15) is 0 Å². The number of carboxylic acid groups (broad SMARTS) is 2. The number of pyridine rings is 1. The normalized spacial score (nSPS) is 10.5. The van der Waals surface area contributed by atoms with Crippen LogP contribution in [0.2, 0.25) is 0 Å². The number of sulfonamides is 1. The fourth-order valence-electron chi connectivity index (χ4n) is 4.87. The van der Waals surface area contributed by atoms with Crippen molar-refractivity contribution in [2.45, 2.75) is 50.8 Å². The Labute approximate surface area is 361 Å². The number of ether oxygens (including phenoxy) is 5. The van der Waals surface area contributed by atoms with E-state index < -0.39 is 27.9 Å². The fraction of sp³-hybridized carbons (Fsp3) is 0.364. The van der Waals surface area contributed by atoms with Crippen molar-refractivity contribution >= 4 is 45.3 Å². The molecular formula is C44H55N3O14S. The second-order valence-corrected chi connectivity index (χ2v) is 14.4. The van der Waals surface area contributed by atoms with Crippen LogP contribution < -0.4 is 14.8 Å². The summed E-state index contributed by atoms with van der Waals surface area (Å²) in [4.78, 5) is 61.1. The SMILES string of the molecule is CC.O=C(O)COCCOCCCC(=O)COCCOCCCC(=O)CNC(=O)c1ccc(NS(=O)(=O)c2ccccc2)nc1.O=C(O)Cc1cccc(Oc2ccccc2)c1. The van der Waals surface area contributed by atoms with E-state index in [9.17, 15) is 32.4 Å². The molecule has 0 aliphatic rings. The number of aromatic nitrogens is 1. The Bertz CT molecular complexity index is 2030. The summed E-state index contributed by atoms with van der Waals surface area (Å²) in [5.74, 6) is -1.23. The molecule has 62 heavy (non-hydrogen) atoms. The van der Waals surface area contributed by atoms with E-state index in [1.54, 1.807) is 42.5 Å². The fourth-order valence-corrected chi connectivity index (χ4v) is 5.90. The van der Waals surface area contributed by atoms with Gasteiger partial charge in [-0.1, -0.05) is 62.4 Å². The molecule has 0 unspecified atom stereocenters. The predicted molar refractivity (Wildman–Crippen MR) is 229 cm³/mol. The monoisotopic (exact) mass is 881 g/mol. The molecule has 3 aromatic carbocycles. The van der Waals surface area contributed by atoms with Crippen molar-refractivity contribution in [1.82, 2.24) is 10.3 Å².